The van der Waals surface area contributed by atoms with Gasteiger partial charge in [-0.2, -0.15) is 4.98 Å². The van der Waals surface area contributed by atoms with Crippen molar-refractivity contribution in [2.45, 2.75) is 30.6 Å². The molecule has 0 amide bonds. The van der Waals surface area contributed by atoms with Gasteiger partial charge in [-0.1, -0.05) is 30.3 Å². The molecule has 0 saturated carbocycles. The van der Waals surface area contributed by atoms with Gasteiger partial charge in [0.15, 0.2) is 22.8 Å². The molecule has 0 aliphatic carbocycles. The molecule has 8 N–H and O–H groups in total. The molecule has 1 aromatic carbocycles. The van der Waals surface area contributed by atoms with Crippen molar-refractivity contribution in [3.8, 4) is 11.1 Å². The molecule has 1 unspecified atom stereocenters. The molecule has 4 aromatic rings. The molecule has 0 spiro atoms. The van der Waals surface area contributed by atoms with Crippen LogP contribution in [0.3, 0.4) is 0 Å². The van der Waals surface area contributed by atoms with E-state index < -0.39 is 29.8 Å². The number of nitrogens with one attached hydrogen (secondary N) is 2. The molecule has 3 aromatic heterocycles. The minimum Gasteiger partial charge on any atom is -0.394 e. The van der Waals surface area contributed by atoms with Crippen LogP contribution >= 0.6 is 0 Å². The van der Waals surface area contributed by atoms with E-state index in [4.69, 9.17) is 16.2 Å². The molecule has 0 radical (unpaired) electrons. The Morgan fingerprint density at radius 1 is 1.25 bits per heavy atom. The maximum atomic E-state index is 12.7. The van der Waals surface area contributed by atoms with E-state index in [1.54, 1.807) is 22.7 Å². The van der Waals surface area contributed by atoms with Gasteiger partial charge in [0.1, 0.15) is 12.3 Å². The van der Waals surface area contributed by atoms with E-state index in [0.29, 0.717) is 5.82 Å². The summed E-state index contributed by atoms with van der Waals surface area (Å²) in [6.45, 7) is -0.376. The van der Waals surface area contributed by atoms with Crippen molar-refractivity contribution in [1.82, 2.24) is 24.5 Å². The number of nitrogens with zero attached hydrogens (tertiary/aromatic N) is 5. The Balaban J connectivity index is 1.50. The first-order valence-corrected chi connectivity index (χ1v) is 11.4. The second kappa shape index (κ2) is 7.99. The van der Waals surface area contributed by atoms with E-state index in [2.05, 4.69) is 25.3 Å². The van der Waals surface area contributed by atoms with Crippen molar-refractivity contribution >= 4 is 28.6 Å². The van der Waals surface area contributed by atoms with Gasteiger partial charge in [0.05, 0.1) is 18.4 Å². The molecule has 1 fully saturated rings. The predicted molar refractivity (Wildman–Crippen MR) is 132 cm³/mol. The van der Waals surface area contributed by atoms with E-state index in [1.807, 2.05) is 36.4 Å². The molecule has 6 rings (SSSR count). The highest BCUT2D eigenvalue weighted by molar-refractivity contribution is 5.81. The Morgan fingerprint density at radius 3 is 2.75 bits per heavy atom. The van der Waals surface area contributed by atoms with Crippen LogP contribution in [-0.4, -0.2) is 60.6 Å². The number of aromatic nitrogens is 5. The number of fused-ring (bicyclic) bond motifs is 2. The highest BCUT2D eigenvalue weighted by Gasteiger charge is 2.47. The summed E-state index contributed by atoms with van der Waals surface area (Å²) < 4.78 is 7.45. The first-order chi connectivity index (χ1) is 17.3. The van der Waals surface area contributed by atoms with Crippen molar-refractivity contribution < 1.29 is 14.9 Å². The van der Waals surface area contributed by atoms with Crippen LogP contribution < -0.4 is 27.2 Å². The molecular formula is C23H25N9O4. The number of nitrogens with two attached hydrogens (primary N) is 2. The number of hydrogen-bond donors (Lipinski definition) is 6. The third-order valence-electron chi connectivity index (χ3n) is 6.76. The van der Waals surface area contributed by atoms with Crippen LogP contribution in [0.15, 0.2) is 47.4 Å². The molecule has 0 bridgehead atoms. The number of rotatable bonds is 4. The van der Waals surface area contributed by atoms with Crippen molar-refractivity contribution in [3.63, 3.8) is 0 Å². The smallest absolute Gasteiger partial charge is 0.280 e. The van der Waals surface area contributed by atoms with Crippen LogP contribution in [-0.2, 0) is 10.5 Å². The Kier molecular flexibility index (Phi) is 4.98. The summed E-state index contributed by atoms with van der Waals surface area (Å²) >= 11 is 0. The van der Waals surface area contributed by atoms with Crippen LogP contribution in [0.1, 0.15) is 18.5 Å². The lowest BCUT2D eigenvalue weighted by Crippen LogP contribution is -2.55. The zero-order chi connectivity index (χ0) is 25.2. The molecule has 186 valence electrons. The SMILES string of the molecule is CN1c2cc(-c3ccccc3)cnc2NC1(N)c1nc2c(=O)[nH]c(N)nc2n1[C@H]1C[C@H](O)[C@@H](CO)O1. The minimum atomic E-state index is -1.46. The fourth-order valence-electron chi connectivity index (χ4n) is 4.83. The van der Waals surface area contributed by atoms with Crippen LogP contribution in [0.4, 0.5) is 17.5 Å². The highest BCUT2D eigenvalue weighted by Crippen LogP contribution is 2.43. The summed E-state index contributed by atoms with van der Waals surface area (Å²) in [6, 6.07) is 11.8. The summed E-state index contributed by atoms with van der Waals surface area (Å²) in [5, 5.41) is 23.2. The first kappa shape index (κ1) is 22.4. The van der Waals surface area contributed by atoms with E-state index in [-0.39, 0.29) is 36.0 Å². The third-order valence-corrected chi connectivity index (χ3v) is 6.76. The minimum absolute atomic E-state index is 0.0126. The van der Waals surface area contributed by atoms with Crippen molar-refractivity contribution in [3.05, 3.63) is 58.8 Å². The third kappa shape index (κ3) is 3.25. The van der Waals surface area contributed by atoms with Crippen LogP contribution in [0.25, 0.3) is 22.3 Å². The molecule has 4 atom stereocenters. The number of aliphatic hydroxyl groups is 2. The van der Waals surface area contributed by atoms with Gasteiger partial charge >= 0.3 is 0 Å². The first-order valence-electron chi connectivity index (χ1n) is 11.4. The number of ether oxygens (including phenoxy) is 1. The highest BCUT2D eigenvalue weighted by atomic mass is 16.5. The number of imidazole rings is 1. The molecule has 1 saturated heterocycles. The number of anilines is 3. The van der Waals surface area contributed by atoms with E-state index in [0.717, 1.165) is 16.8 Å². The molecular weight excluding hydrogens is 466 g/mol. The quantitative estimate of drug-likeness (QED) is 0.226. The molecule has 13 nitrogen and oxygen atoms in total. The monoisotopic (exact) mass is 491 g/mol. The van der Waals surface area contributed by atoms with Crippen LogP contribution in [0, 0.1) is 0 Å². The topological polar surface area (TPSA) is 193 Å². The predicted octanol–water partition coefficient (Wildman–Crippen LogP) is 0.0354. The number of aromatic amines is 1. The molecule has 2 aliphatic heterocycles. The van der Waals surface area contributed by atoms with Gasteiger partial charge in [0.2, 0.25) is 11.7 Å². The fourth-order valence-corrected chi connectivity index (χ4v) is 4.83. The summed E-state index contributed by atoms with van der Waals surface area (Å²) in [5.41, 5.74) is 15.0. The van der Waals surface area contributed by atoms with Gasteiger partial charge in [-0.15, -0.1) is 0 Å². The Labute approximate surface area is 204 Å². The summed E-state index contributed by atoms with van der Waals surface area (Å²) in [4.78, 5) is 30.4. The zero-order valence-electron chi connectivity index (χ0n) is 19.3. The molecule has 36 heavy (non-hydrogen) atoms. The molecule has 5 heterocycles. The number of pyridine rings is 1. The lowest BCUT2D eigenvalue weighted by molar-refractivity contribution is -0.0447. The van der Waals surface area contributed by atoms with Crippen LogP contribution in [0.5, 0.6) is 0 Å². The van der Waals surface area contributed by atoms with Gasteiger partial charge < -0.3 is 30.9 Å². The second-order valence-corrected chi connectivity index (χ2v) is 8.95. The van der Waals surface area contributed by atoms with Gasteiger partial charge in [0.25, 0.3) is 5.56 Å². The summed E-state index contributed by atoms with van der Waals surface area (Å²) in [5.74, 6) is -0.828. The normalized spacial score (nSPS) is 25.3. The average molecular weight is 492 g/mol. The number of hydrogen-bond acceptors (Lipinski definition) is 11. The average Bonchev–Trinajstić information content (AvgIpc) is 3.51. The van der Waals surface area contributed by atoms with Crippen molar-refractivity contribution in [1.29, 1.82) is 0 Å². The fraction of sp³-hybridized carbons (Fsp3) is 0.304. The van der Waals surface area contributed by atoms with Gasteiger partial charge in [0, 0.05) is 25.2 Å². The van der Waals surface area contributed by atoms with Crippen molar-refractivity contribution in [2.75, 3.05) is 29.6 Å². The zero-order valence-corrected chi connectivity index (χ0v) is 19.3. The number of nitrogen functional groups attached to an aromatic ring is 1. The Bertz CT molecular complexity index is 1520. The standard InChI is InChI=1S/C23H25N9O4/c1-31-13-7-12(11-5-3-2-4-6-11)9-26-18(13)30-23(31,25)21-27-17-19(28-22(24)29-20(17)35)32(21)16-8-14(34)15(10-33)36-16/h2-7,9,14-16,33-34H,8,10,25H2,1H3,(H,26,30)(H3,24,28,29,35)/t14-,15+,16+,23?/m0/s1. The number of aliphatic hydroxyl groups excluding tert-OH is 2. The second-order valence-electron chi connectivity index (χ2n) is 8.95. The lowest BCUT2D eigenvalue weighted by atomic mass is 10.1. The van der Waals surface area contributed by atoms with Gasteiger partial charge in [-0.25, -0.2) is 9.97 Å². The van der Waals surface area contributed by atoms with Gasteiger partial charge in [-0.05, 0) is 11.6 Å². The maximum Gasteiger partial charge on any atom is 0.280 e. The number of H-pyrrole nitrogens is 1. The Hall–Kier alpha value is -4.04. The van der Waals surface area contributed by atoms with E-state index >= 15 is 0 Å². The Morgan fingerprint density at radius 2 is 2.03 bits per heavy atom. The van der Waals surface area contributed by atoms with E-state index in [9.17, 15) is 15.0 Å². The lowest BCUT2D eigenvalue weighted by Gasteiger charge is -2.34. The summed E-state index contributed by atoms with van der Waals surface area (Å²) in [6.07, 6.45) is -0.673. The maximum absolute atomic E-state index is 12.7. The number of benzene rings is 1. The summed E-state index contributed by atoms with van der Waals surface area (Å²) in [7, 11) is 1.78. The van der Waals surface area contributed by atoms with Gasteiger partial charge in [-0.3, -0.25) is 20.1 Å². The molecule has 13 heteroatoms. The van der Waals surface area contributed by atoms with Crippen molar-refractivity contribution in [2.24, 2.45) is 5.73 Å². The van der Waals surface area contributed by atoms with E-state index in [1.165, 1.54) is 0 Å². The van der Waals surface area contributed by atoms with Crippen LogP contribution in [0.2, 0.25) is 0 Å². The molecule has 2 aliphatic rings. The largest absolute Gasteiger partial charge is 0.394 e.